The minimum absolute atomic E-state index is 0.0626. The number of thioether (sulfide) groups is 1. The predicted molar refractivity (Wildman–Crippen MR) is 158 cm³/mol. The molecule has 0 saturated carbocycles. The van der Waals surface area contributed by atoms with Gasteiger partial charge in [-0.25, -0.2) is 4.98 Å². The van der Waals surface area contributed by atoms with Crippen LogP contribution in [0.4, 0.5) is 0 Å². The second-order valence-electron chi connectivity index (χ2n) is 8.67. The van der Waals surface area contributed by atoms with E-state index in [1.54, 1.807) is 26.0 Å². The number of imidazole rings is 1. The number of nitrogens with one attached hydrogen (secondary N) is 1. The van der Waals surface area contributed by atoms with Crippen molar-refractivity contribution in [1.82, 2.24) is 14.9 Å². The maximum absolute atomic E-state index is 12.4. The van der Waals surface area contributed by atoms with Gasteiger partial charge in [0.25, 0.3) is 5.91 Å². The van der Waals surface area contributed by atoms with E-state index in [0.29, 0.717) is 12.1 Å². The zero-order valence-electron chi connectivity index (χ0n) is 21.9. The second-order valence-corrected chi connectivity index (χ2v) is 10.6. The summed E-state index contributed by atoms with van der Waals surface area (Å²) >= 11 is 5.14. The first-order chi connectivity index (χ1) is 18.5. The third-order valence-electron chi connectivity index (χ3n) is 6.03. The van der Waals surface area contributed by atoms with Crippen LogP contribution in [0.5, 0.6) is 11.5 Å². The molecule has 6 nitrogen and oxygen atoms in total. The highest BCUT2D eigenvalue weighted by Crippen LogP contribution is 2.37. The maximum atomic E-state index is 12.4. The van der Waals surface area contributed by atoms with Crippen LogP contribution in [-0.2, 0) is 6.54 Å². The Morgan fingerprint density at radius 3 is 2.24 bits per heavy atom. The van der Waals surface area contributed by atoms with Crippen molar-refractivity contribution >= 4 is 33.6 Å². The molecule has 4 aromatic rings. The van der Waals surface area contributed by atoms with Gasteiger partial charge in [-0.15, -0.1) is 0 Å². The summed E-state index contributed by atoms with van der Waals surface area (Å²) in [6, 6.07) is 23.6. The minimum Gasteiger partial charge on any atom is -0.497 e. The number of aromatic nitrogens is 2. The standard InChI is InChI=1S/C30H32BrN3O3S/c1-4-18-34-28(22-11-15-26(37-3)16-12-22)27(21-9-13-25(36-2)14-10-21)33-30(34)38-19-6-17-32-29(35)23-7-5-8-24(31)20-23/h5,7-16,20H,4,6,17-19H2,1-3H3,(H,32,35). The minimum atomic E-state index is -0.0626. The fourth-order valence-corrected chi connectivity index (χ4v) is 5.50. The van der Waals surface area contributed by atoms with Crippen LogP contribution in [0.3, 0.4) is 0 Å². The lowest BCUT2D eigenvalue weighted by molar-refractivity contribution is 0.0953. The molecule has 1 heterocycles. The molecule has 38 heavy (non-hydrogen) atoms. The molecule has 0 saturated heterocycles. The van der Waals surface area contributed by atoms with Crippen molar-refractivity contribution in [1.29, 1.82) is 0 Å². The Morgan fingerprint density at radius 1 is 0.974 bits per heavy atom. The largest absolute Gasteiger partial charge is 0.497 e. The Labute approximate surface area is 236 Å². The number of benzene rings is 3. The topological polar surface area (TPSA) is 65.4 Å². The molecule has 0 spiro atoms. The Kier molecular flexibility index (Phi) is 9.90. The van der Waals surface area contributed by atoms with E-state index < -0.39 is 0 Å². The van der Waals surface area contributed by atoms with E-state index in [9.17, 15) is 4.79 Å². The summed E-state index contributed by atoms with van der Waals surface area (Å²) in [6.07, 6.45) is 1.82. The van der Waals surface area contributed by atoms with E-state index in [-0.39, 0.29) is 5.91 Å². The highest BCUT2D eigenvalue weighted by Gasteiger charge is 2.20. The summed E-state index contributed by atoms with van der Waals surface area (Å²) in [7, 11) is 3.35. The van der Waals surface area contributed by atoms with Crippen LogP contribution in [0, 0.1) is 0 Å². The van der Waals surface area contributed by atoms with Crippen molar-refractivity contribution in [2.24, 2.45) is 0 Å². The first-order valence-electron chi connectivity index (χ1n) is 12.6. The van der Waals surface area contributed by atoms with Gasteiger partial charge in [0, 0.05) is 40.0 Å². The van der Waals surface area contributed by atoms with Gasteiger partial charge in [-0.05, 0) is 79.6 Å². The Balaban J connectivity index is 1.55. The van der Waals surface area contributed by atoms with Crippen LogP contribution in [0.15, 0.2) is 82.4 Å². The molecule has 4 rings (SSSR count). The summed E-state index contributed by atoms with van der Waals surface area (Å²) in [5.41, 5.74) is 4.81. The number of hydrogen-bond acceptors (Lipinski definition) is 5. The number of hydrogen-bond donors (Lipinski definition) is 1. The van der Waals surface area contributed by atoms with Crippen LogP contribution < -0.4 is 14.8 Å². The van der Waals surface area contributed by atoms with Crippen molar-refractivity contribution in [3.05, 3.63) is 82.8 Å². The average molecular weight is 595 g/mol. The van der Waals surface area contributed by atoms with Gasteiger partial charge in [-0.3, -0.25) is 4.79 Å². The molecule has 1 N–H and O–H groups in total. The molecule has 0 fully saturated rings. The molecule has 0 bridgehead atoms. The van der Waals surface area contributed by atoms with Crippen molar-refractivity contribution in [2.75, 3.05) is 26.5 Å². The summed E-state index contributed by atoms with van der Waals surface area (Å²) < 4.78 is 14.0. The lowest BCUT2D eigenvalue weighted by atomic mass is 10.0. The molecule has 0 aliphatic heterocycles. The maximum Gasteiger partial charge on any atom is 0.251 e. The average Bonchev–Trinajstić information content (AvgIpc) is 3.31. The lowest BCUT2D eigenvalue weighted by Gasteiger charge is -2.13. The summed E-state index contributed by atoms with van der Waals surface area (Å²) in [5, 5.41) is 3.99. The molecule has 0 radical (unpaired) electrons. The van der Waals surface area contributed by atoms with Gasteiger partial charge >= 0.3 is 0 Å². The van der Waals surface area contributed by atoms with E-state index in [1.165, 1.54) is 0 Å². The Morgan fingerprint density at radius 2 is 1.63 bits per heavy atom. The molecule has 0 atom stereocenters. The van der Waals surface area contributed by atoms with E-state index >= 15 is 0 Å². The molecule has 0 aliphatic carbocycles. The zero-order chi connectivity index (χ0) is 26.9. The summed E-state index contributed by atoms with van der Waals surface area (Å²) in [4.78, 5) is 17.6. The van der Waals surface area contributed by atoms with Crippen molar-refractivity contribution in [3.63, 3.8) is 0 Å². The molecule has 1 amide bonds. The first kappa shape index (κ1) is 27.8. The van der Waals surface area contributed by atoms with Gasteiger partial charge < -0.3 is 19.4 Å². The summed E-state index contributed by atoms with van der Waals surface area (Å²) in [6.45, 7) is 3.63. The highest BCUT2D eigenvalue weighted by molar-refractivity contribution is 9.10. The SMILES string of the molecule is CCCn1c(SCCCNC(=O)c2cccc(Br)c2)nc(-c2ccc(OC)cc2)c1-c1ccc(OC)cc1. The normalized spacial score (nSPS) is 10.8. The van der Waals surface area contributed by atoms with E-state index in [4.69, 9.17) is 14.5 Å². The van der Waals surface area contributed by atoms with Gasteiger partial charge in [0.1, 0.15) is 11.5 Å². The Bertz CT molecular complexity index is 1350. The zero-order valence-corrected chi connectivity index (χ0v) is 24.3. The van der Waals surface area contributed by atoms with E-state index in [1.807, 2.05) is 48.5 Å². The van der Waals surface area contributed by atoms with Gasteiger partial charge in [-0.1, -0.05) is 40.7 Å². The number of halogens is 1. The number of carbonyl (C=O) groups is 1. The van der Waals surface area contributed by atoms with Crippen LogP contribution in [0.2, 0.25) is 0 Å². The Hall–Kier alpha value is -3.23. The first-order valence-corrected chi connectivity index (χ1v) is 14.4. The number of rotatable bonds is 12. The number of ether oxygens (including phenoxy) is 2. The van der Waals surface area contributed by atoms with E-state index in [2.05, 4.69) is 57.0 Å². The molecule has 3 aromatic carbocycles. The summed E-state index contributed by atoms with van der Waals surface area (Å²) in [5.74, 6) is 2.41. The van der Waals surface area contributed by atoms with Crippen LogP contribution in [0.1, 0.15) is 30.1 Å². The number of carbonyl (C=O) groups excluding carboxylic acids is 1. The molecular formula is C30H32BrN3O3S. The second kappa shape index (κ2) is 13.5. The smallest absolute Gasteiger partial charge is 0.251 e. The fraction of sp³-hybridized carbons (Fsp3) is 0.267. The van der Waals surface area contributed by atoms with Gasteiger partial charge in [0.15, 0.2) is 5.16 Å². The van der Waals surface area contributed by atoms with Crippen LogP contribution >= 0.6 is 27.7 Å². The third kappa shape index (κ3) is 6.79. The molecular weight excluding hydrogens is 562 g/mol. The molecule has 198 valence electrons. The van der Waals surface area contributed by atoms with Crippen molar-refractivity contribution in [2.45, 2.75) is 31.5 Å². The number of amides is 1. The van der Waals surface area contributed by atoms with Crippen LogP contribution in [0.25, 0.3) is 22.5 Å². The molecule has 0 unspecified atom stereocenters. The monoisotopic (exact) mass is 593 g/mol. The van der Waals surface area contributed by atoms with Gasteiger partial charge in [-0.2, -0.15) is 0 Å². The third-order valence-corrected chi connectivity index (χ3v) is 7.59. The van der Waals surface area contributed by atoms with Gasteiger partial charge in [0.2, 0.25) is 0 Å². The van der Waals surface area contributed by atoms with Crippen molar-refractivity contribution in [3.8, 4) is 34.0 Å². The quantitative estimate of drug-likeness (QED) is 0.138. The molecule has 8 heteroatoms. The highest BCUT2D eigenvalue weighted by atomic mass is 79.9. The lowest BCUT2D eigenvalue weighted by Crippen LogP contribution is -2.24. The van der Waals surface area contributed by atoms with Crippen LogP contribution in [-0.4, -0.2) is 42.0 Å². The van der Waals surface area contributed by atoms with E-state index in [0.717, 1.165) is 68.8 Å². The fourth-order valence-electron chi connectivity index (χ4n) is 4.13. The number of methoxy groups -OCH3 is 2. The van der Waals surface area contributed by atoms with Gasteiger partial charge in [0.05, 0.1) is 25.6 Å². The molecule has 1 aromatic heterocycles. The van der Waals surface area contributed by atoms with Crippen molar-refractivity contribution < 1.29 is 14.3 Å². The predicted octanol–water partition coefficient (Wildman–Crippen LogP) is 7.32. The number of nitrogens with zero attached hydrogens (tertiary/aromatic N) is 2. The molecule has 0 aliphatic rings.